The van der Waals surface area contributed by atoms with Crippen LogP contribution in [-0.4, -0.2) is 17.1 Å². The van der Waals surface area contributed by atoms with Crippen molar-refractivity contribution >= 4 is 27.8 Å². The van der Waals surface area contributed by atoms with Crippen molar-refractivity contribution in [3.63, 3.8) is 0 Å². The minimum Gasteiger partial charge on any atom is -0.387 e. The Morgan fingerprint density at radius 1 is 1.50 bits per heavy atom. The Balaban J connectivity index is 2.06. The highest BCUT2D eigenvalue weighted by Crippen LogP contribution is 2.24. The summed E-state index contributed by atoms with van der Waals surface area (Å²) in [6.07, 6.45) is -0.487. The molecule has 0 fully saturated rings. The van der Waals surface area contributed by atoms with Gasteiger partial charge in [-0.1, -0.05) is 0 Å². The number of thiazole rings is 1. The van der Waals surface area contributed by atoms with Gasteiger partial charge in [0.25, 0.3) is 0 Å². The van der Waals surface area contributed by atoms with Gasteiger partial charge in [-0.05, 0) is 29.3 Å². The van der Waals surface area contributed by atoms with Crippen molar-refractivity contribution in [3.8, 4) is 0 Å². The van der Waals surface area contributed by atoms with Gasteiger partial charge >= 0.3 is 0 Å². The zero-order chi connectivity index (χ0) is 11.5. The van der Waals surface area contributed by atoms with Crippen LogP contribution in [0.1, 0.15) is 24.3 Å². The third kappa shape index (κ3) is 2.61. The average molecular weight is 254 g/mol. The van der Waals surface area contributed by atoms with Crippen LogP contribution in [0.2, 0.25) is 0 Å². The summed E-state index contributed by atoms with van der Waals surface area (Å²) in [5.41, 5.74) is 2.04. The van der Waals surface area contributed by atoms with Gasteiger partial charge in [0.1, 0.15) is 0 Å². The minimum atomic E-state index is -0.487. The molecule has 2 rings (SSSR count). The molecule has 0 bridgehead atoms. The number of anilines is 1. The van der Waals surface area contributed by atoms with E-state index in [-0.39, 0.29) is 0 Å². The van der Waals surface area contributed by atoms with E-state index >= 15 is 0 Å². The van der Waals surface area contributed by atoms with Crippen LogP contribution in [0.3, 0.4) is 0 Å². The maximum Gasteiger partial charge on any atom is 0.185 e. The van der Waals surface area contributed by atoms with Gasteiger partial charge in [-0.25, -0.2) is 4.98 Å². The topological polar surface area (TPSA) is 36.4 Å². The van der Waals surface area contributed by atoms with Crippen LogP contribution in [0.4, 0.5) is 5.13 Å². The van der Waals surface area contributed by atoms with E-state index in [1.54, 1.807) is 29.6 Å². The number of thiophene rings is 1. The molecule has 0 radical (unpaired) electrons. The molecule has 1 unspecified atom stereocenters. The van der Waals surface area contributed by atoms with E-state index < -0.39 is 6.10 Å². The van der Waals surface area contributed by atoms with Crippen LogP contribution in [0.5, 0.6) is 0 Å². The molecule has 0 saturated heterocycles. The van der Waals surface area contributed by atoms with Gasteiger partial charge in [0.2, 0.25) is 0 Å². The minimum absolute atomic E-state index is 0.487. The fraction of sp³-hybridized carbons (Fsp3) is 0.364. The second-order valence-corrected chi connectivity index (χ2v) is 5.34. The number of nitrogens with zero attached hydrogens (tertiary/aromatic N) is 2. The van der Waals surface area contributed by atoms with Crippen molar-refractivity contribution in [1.29, 1.82) is 0 Å². The fourth-order valence-corrected chi connectivity index (χ4v) is 2.91. The Morgan fingerprint density at radius 3 is 2.88 bits per heavy atom. The highest BCUT2D eigenvalue weighted by molar-refractivity contribution is 7.13. The molecule has 0 aromatic carbocycles. The quantitative estimate of drug-likeness (QED) is 0.911. The molecule has 0 aliphatic carbocycles. The largest absolute Gasteiger partial charge is 0.387 e. The van der Waals surface area contributed by atoms with E-state index in [0.717, 1.165) is 17.4 Å². The van der Waals surface area contributed by atoms with E-state index in [9.17, 15) is 5.11 Å². The van der Waals surface area contributed by atoms with Crippen LogP contribution in [0.15, 0.2) is 22.2 Å². The molecule has 0 aliphatic rings. The van der Waals surface area contributed by atoms with Crippen molar-refractivity contribution in [2.75, 3.05) is 11.9 Å². The van der Waals surface area contributed by atoms with E-state index in [1.807, 2.05) is 12.4 Å². The predicted molar refractivity (Wildman–Crippen MR) is 69.2 cm³/mol. The van der Waals surface area contributed by atoms with Gasteiger partial charge in [-0.15, -0.1) is 11.3 Å². The van der Waals surface area contributed by atoms with E-state index in [4.69, 9.17) is 0 Å². The Kier molecular flexibility index (Phi) is 3.58. The molecular weight excluding hydrogens is 240 g/mol. The first-order valence-corrected chi connectivity index (χ1v) is 6.85. The summed E-state index contributed by atoms with van der Waals surface area (Å²) in [5, 5.41) is 16.5. The molecule has 2 heterocycles. The van der Waals surface area contributed by atoms with Crippen molar-refractivity contribution < 1.29 is 5.11 Å². The third-order valence-electron chi connectivity index (χ3n) is 2.26. The molecule has 16 heavy (non-hydrogen) atoms. The Morgan fingerprint density at radius 2 is 2.31 bits per heavy atom. The first kappa shape index (κ1) is 11.6. The molecule has 0 saturated carbocycles. The zero-order valence-electron chi connectivity index (χ0n) is 9.25. The molecule has 5 heteroatoms. The molecule has 2 aromatic rings. The van der Waals surface area contributed by atoms with Crippen molar-refractivity contribution in [1.82, 2.24) is 4.98 Å². The van der Waals surface area contributed by atoms with Crippen molar-refractivity contribution in [2.24, 2.45) is 0 Å². The second-order valence-electron chi connectivity index (χ2n) is 3.72. The lowest BCUT2D eigenvalue weighted by atomic mass is 10.3. The molecule has 0 spiro atoms. The number of aromatic nitrogens is 1. The molecule has 3 nitrogen and oxygen atoms in total. The molecule has 0 amide bonds. The SMILES string of the molecule is CC(O)c1csc(N(C)Cc2ccsc2)n1. The van der Waals surface area contributed by atoms with Crippen LogP contribution < -0.4 is 4.90 Å². The molecular formula is C11H14N2OS2. The molecule has 1 atom stereocenters. The summed E-state index contributed by atoms with van der Waals surface area (Å²) >= 11 is 3.27. The Hall–Kier alpha value is -0.910. The molecule has 0 aliphatic heterocycles. The summed E-state index contributed by atoms with van der Waals surface area (Å²) in [7, 11) is 2.02. The normalized spacial score (nSPS) is 12.7. The summed E-state index contributed by atoms with van der Waals surface area (Å²) < 4.78 is 0. The monoisotopic (exact) mass is 254 g/mol. The molecule has 2 aromatic heterocycles. The number of hydrogen-bond acceptors (Lipinski definition) is 5. The lowest BCUT2D eigenvalue weighted by Crippen LogP contribution is -2.15. The van der Waals surface area contributed by atoms with Crippen LogP contribution in [0.25, 0.3) is 0 Å². The van der Waals surface area contributed by atoms with Crippen LogP contribution >= 0.6 is 22.7 Å². The maximum atomic E-state index is 9.40. The summed E-state index contributed by atoms with van der Waals surface area (Å²) in [6, 6.07) is 2.12. The van der Waals surface area contributed by atoms with Gasteiger partial charge in [0.15, 0.2) is 5.13 Å². The first-order chi connectivity index (χ1) is 7.66. The average Bonchev–Trinajstić information content (AvgIpc) is 2.86. The number of hydrogen-bond donors (Lipinski definition) is 1. The standard InChI is InChI=1S/C11H14N2OS2/c1-8(14)10-7-16-11(12-10)13(2)5-9-3-4-15-6-9/h3-4,6-8,14H,5H2,1-2H3. The highest BCUT2D eigenvalue weighted by Gasteiger charge is 2.10. The molecule has 1 N–H and O–H groups in total. The van der Waals surface area contributed by atoms with E-state index in [0.29, 0.717) is 0 Å². The summed E-state index contributed by atoms with van der Waals surface area (Å²) in [5.74, 6) is 0. The van der Waals surface area contributed by atoms with Gasteiger partial charge in [0.05, 0.1) is 11.8 Å². The van der Waals surface area contributed by atoms with Gasteiger partial charge in [-0.2, -0.15) is 11.3 Å². The second kappa shape index (κ2) is 4.95. The first-order valence-electron chi connectivity index (χ1n) is 5.02. The fourth-order valence-electron chi connectivity index (χ4n) is 1.37. The summed E-state index contributed by atoms with van der Waals surface area (Å²) in [6.45, 7) is 2.59. The Labute approximate surface area is 103 Å². The number of aliphatic hydroxyl groups is 1. The lowest BCUT2D eigenvalue weighted by Gasteiger charge is -2.14. The van der Waals surface area contributed by atoms with Crippen LogP contribution in [-0.2, 0) is 6.54 Å². The number of aliphatic hydroxyl groups excluding tert-OH is 1. The van der Waals surface area contributed by atoms with Gasteiger partial charge in [0, 0.05) is 19.0 Å². The van der Waals surface area contributed by atoms with Gasteiger partial charge in [-0.3, -0.25) is 0 Å². The number of rotatable bonds is 4. The zero-order valence-corrected chi connectivity index (χ0v) is 10.9. The lowest BCUT2D eigenvalue weighted by molar-refractivity contribution is 0.195. The highest BCUT2D eigenvalue weighted by atomic mass is 32.1. The van der Waals surface area contributed by atoms with Crippen molar-refractivity contribution in [3.05, 3.63) is 33.5 Å². The van der Waals surface area contributed by atoms with Crippen molar-refractivity contribution in [2.45, 2.75) is 19.6 Å². The predicted octanol–water partition coefficient (Wildman–Crippen LogP) is 2.89. The maximum absolute atomic E-state index is 9.40. The smallest absolute Gasteiger partial charge is 0.185 e. The summed E-state index contributed by atoms with van der Waals surface area (Å²) in [4.78, 5) is 6.48. The Bertz CT molecular complexity index is 437. The van der Waals surface area contributed by atoms with E-state index in [1.165, 1.54) is 5.56 Å². The van der Waals surface area contributed by atoms with Crippen LogP contribution in [0, 0.1) is 0 Å². The van der Waals surface area contributed by atoms with E-state index in [2.05, 4.69) is 26.7 Å². The van der Waals surface area contributed by atoms with Gasteiger partial charge < -0.3 is 10.0 Å². The third-order valence-corrected chi connectivity index (χ3v) is 3.97. The molecule has 86 valence electrons.